The average Bonchev–Trinajstić information content (AvgIpc) is 2.84. The van der Waals surface area contributed by atoms with Gasteiger partial charge in [-0.05, 0) is 37.5 Å². The molecule has 0 aliphatic rings. The van der Waals surface area contributed by atoms with Crippen molar-refractivity contribution < 1.29 is 0 Å². The SMILES string of the molecule is Cc1cc(C)c(-c2c(Cl)nc3ccnn3c2N(C)C)c(C)c1. The Bertz CT molecular complexity index is 841. The molecule has 0 unspecified atom stereocenters. The van der Waals surface area contributed by atoms with Crippen molar-refractivity contribution in [1.29, 1.82) is 0 Å². The smallest absolute Gasteiger partial charge is 0.159 e. The summed E-state index contributed by atoms with van der Waals surface area (Å²) >= 11 is 6.55. The monoisotopic (exact) mass is 314 g/mol. The van der Waals surface area contributed by atoms with Gasteiger partial charge >= 0.3 is 0 Å². The van der Waals surface area contributed by atoms with Gasteiger partial charge in [-0.3, -0.25) is 0 Å². The summed E-state index contributed by atoms with van der Waals surface area (Å²) in [5, 5.41) is 4.90. The Hall–Kier alpha value is -2.07. The number of anilines is 1. The molecule has 0 amide bonds. The minimum Gasteiger partial charge on any atom is -0.362 e. The molecule has 0 aliphatic heterocycles. The summed E-state index contributed by atoms with van der Waals surface area (Å²) < 4.78 is 1.83. The van der Waals surface area contributed by atoms with Gasteiger partial charge in [0.05, 0.1) is 11.8 Å². The molecule has 0 fully saturated rings. The molecule has 0 saturated carbocycles. The Balaban J connectivity index is 2.45. The van der Waals surface area contributed by atoms with Gasteiger partial charge in [0.25, 0.3) is 0 Å². The van der Waals surface area contributed by atoms with E-state index in [2.05, 4.69) is 43.0 Å². The molecule has 0 radical (unpaired) electrons. The van der Waals surface area contributed by atoms with E-state index in [4.69, 9.17) is 11.6 Å². The Morgan fingerprint density at radius 1 is 1.05 bits per heavy atom. The van der Waals surface area contributed by atoms with Gasteiger partial charge in [0.1, 0.15) is 11.0 Å². The summed E-state index contributed by atoms with van der Waals surface area (Å²) in [7, 11) is 3.99. The number of aromatic nitrogens is 3. The number of benzene rings is 1. The maximum absolute atomic E-state index is 6.55. The number of hydrogen-bond acceptors (Lipinski definition) is 3. The third-order valence-electron chi connectivity index (χ3n) is 3.82. The van der Waals surface area contributed by atoms with E-state index in [1.54, 1.807) is 6.20 Å². The summed E-state index contributed by atoms with van der Waals surface area (Å²) in [6.45, 7) is 6.32. The molecular weight excluding hydrogens is 296 g/mol. The molecule has 22 heavy (non-hydrogen) atoms. The van der Waals surface area contributed by atoms with Crippen LogP contribution in [0.15, 0.2) is 24.4 Å². The van der Waals surface area contributed by atoms with Crippen molar-refractivity contribution in [2.24, 2.45) is 0 Å². The van der Waals surface area contributed by atoms with Crippen LogP contribution in [0.25, 0.3) is 16.8 Å². The summed E-state index contributed by atoms with van der Waals surface area (Å²) in [6, 6.07) is 6.20. The molecule has 2 heterocycles. The first-order valence-corrected chi connectivity index (χ1v) is 7.56. The van der Waals surface area contributed by atoms with E-state index >= 15 is 0 Å². The Morgan fingerprint density at radius 2 is 1.68 bits per heavy atom. The van der Waals surface area contributed by atoms with Gasteiger partial charge in [-0.1, -0.05) is 29.3 Å². The minimum absolute atomic E-state index is 0.506. The van der Waals surface area contributed by atoms with E-state index in [1.165, 1.54) is 16.7 Å². The lowest BCUT2D eigenvalue weighted by molar-refractivity contribution is 0.898. The van der Waals surface area contributed by atoms with Crippen LogP contribution in [-0.4, -0.2) is 28.7 Å². The van der Waals surface area contributed by atoms with E-state index in [1.807, 2.05) is 29.6 Å². The lowest BCUT2D eigenvalue weighted by atomic mass is 9.94. The second-order valence-electron chi connectivity index (χ2n) is 5.87. The predicted octanol–water partition coefficient (Wildman–Crippen LogP) is 4.04. The molecular formula is C17H19ClN4. The van der Waals surface area contributed by atoms with Crippen LogP contribution >= 0.6 is 11.6 Å². The zero-order valence-corrected chi connectivity index (χ0v) is 14.2. The molecule has 0 spiro atoms. The first-order chi connectivity index (χ1) is 10.4. The van der Waals surface area contributed by atoms with Gasteiger partial charge in [0, 0.05) is 20.2 Å². The topological polar surface area (TPSA) is 33.4 Å². The number of nitrogens with zero attached hydrogens (tertiary/aromatic N) is 4. The second-order valence-corrected chi connectivity index (χ2v) is 6.23. The van der Waals surface area contributed by atoms with Crippen LogP contribution in [0, 0.1) is 20.8 Å². The van der Waals surface area contributed by atoms with Crippen molar-refractivity contribution in [2.75, 3.05) is 19.0 Å². The Labute approximate surface area is 135 Å². The molecule has 0 saturated heterocycles. The fourth-order valence-electron chi connectivity index (χ4n) is 3.10. The van der Waals surface area contributed by atoms with Crippen molar-refractivity contribution in [3.05, 3.63) is 46.2 Å². The van der Waals surface area contributed by atoms with Crippen molar-refractivity contribution >= 4 is 23.1 Å². The number of rotatable bonds is 2. The molecule has 0 bridgehead atoms. The van der Waals surface area contributed by atoms with Crippen molar-refractivity contribution in [1.82, 2.24) is 14.6 Å². The lowest BCUT2D eigenvalue weighted by Crippen LogP contribution is -2.16. The molecule has 0 atom stereocenters. The van der Waals surface area contributed by atoms with Gasteiger partial charge in [-0.25, -0.2) is 4.98 Å². The van der Waals surface area contributed by atoms with E-state index in [9.17, 15) is 0 Å². The van der Waals surface area contributed by atoms with Crippen LogP contribution in [0.4, 0.5) is 5.82 Å². The quantitative estimate of drug-likeness (QED) is 0.669. The van der Waals surface area contributed by atoms with Crippen LogP contribution in [0.2, 0.25) is 5.15 Å². The molecule has 0 N–H and O–H groups in total. The Morgan fingerprint density at radius 3 is 2.27 bits per heavy atom. The third kappa shape index (κ3) is 2.24. The Kier molecular flexibility index (Phi) is 3.57. The van der Waals surface area contributed by atoms with Gasteiger partial charge < -0.3 is 4.90 Å². The van der Waals surface area contributed by atoms with E-state index in [0.29, 0.717) is 5.15 Å². The highest BCUT2D eigenvalue weighted by Crippen LogP contribution is 2.39. The molecule has 1 aromatic carbocycles. The zero-order chi connectivity index (χ0) is 16.0. The summed E-state index contributed by atoms with van der Waals surface area (Å²) in [4.78, 5) is 6.53. The van der Waals surface area contributed by atoms with Crippen LogP contribution in [0.1, 0.15) is 16.7 Å². The highest BCUT2D eigenvalue weighted by atomic mass is 35.5. The molecule has 114 valence electrons. The zero-order valence-electron chi connectivity index (χ0n) is 13.5. The van der Waals surface area contributed by atoms with Crippen LogP contribution in [0.5, 0.6) is 0 Å². The van der Waals surface area contributed by atoms with Gasteiger partial charge in [-0.2, -0.15) is 9.61 Å². The van der Waals surface area contributed by atoms with Gasteiger partial charge in [-0.15, -0.1) is 0 Å². The first kappa shape index (κ1) is 14.9. The van der Waals surface area contributed by atoms with Crippen molar-refractivity contribution in [3.8, 4) is 11.1 Å². The number of fused-ring (bicyclic) bond motifs is 1. The molecule has 4 nitrogen and oxygen atoms in total. The largest absolute Gasteiger partial charge is 0.362 e. The standard InChI is InChI=1S/C17H19ClN4/c1-10-8-11(2)14(12(3)9-10)15-16(18)20-13-6-7-19-22(13)17(15)21(4)5/h6-9H,1-5H3. The predicted molar refractivity (Wildman–Crippen MR) is 92.0 cm³/mol. The molecule has 2 aromatic heterocycles. The number of aryl methyl sites for hydroxylation is 3. The number of halogens is 1. The van der Waals surface area contributed by atoms with Crippen LogP contribution < -0.4 is 4.90 Å². The minimum atomic E-state index is 0.506. The molecule has 3 rings (SSSR count). The number of hydrogen-bond donors (Lipinski definition) is 0. The van der Waals surface area contributed by atoms with Gasteiger partial charge in [0.2, 0.25) is 0 Å². The van der Waals surface area contributed by atoms with E-state index < -0.39 is 0 Å². The van der Waals surface area contributed by atoms with E-state index in [0.717, 1.165) is 22.6 Å². The highest BCUT2D eigenvalue weighted by Gasteiger charge is 2.21. The van der Waals surface area contributed by atoms with Gasteiger partial charge in [0.15, 0.2) is 5.65 Å². The summed E-state index contributed by atoms with van der Waals surface area (Å²) in [6.07, 6.45) is 1.74. The third-order valence-corrected chi connectivity index (χ3v) is 4.09. The molecule has 0 aliphatic carbocycles. The van der Waals surface area contributed by atoms with Crippen molar-refractivity contribution in [3.63, 3.8) is 0 Å². The highest BCUT2D eigenvalue weighted by molar-refractivity contribution is 6.33. The summed E-state index contributed by atoms with van der Waals surface area (Å²) in [5.74, 6) is 0.940. The first-order valence-electron chi connectivity index (χ1n) is 7.19. The maximum atomic E-state index is 6.55. The lowest BCUT2D eigenvalue weighted by Gasteiger charge is -2.22. The normalized spacial score (nSPS) is 11.2. The van der Waals surface area contributed by atoms with Crippen LogP contribution in [-0.2, 0) is 0 Å². The van der Waals surface area contributed by atoms with Crippen molar-refractivity contribution in [2.45, 2.75) is 20.8 Å². The fraction of sp³-hybridized carbons (Fsp3) is 0.294. The molecule has 5 heteroatoms. The average molecular weight is 315 g/mol. The van der Waals surface area contributed by atoms with Crippen LogP contribution in [0.3, 0.4) is 0 Å². The fourth-order valence-corrected chi connectivity index (χ4v) is 3.37. The maximum Gasteiger partial charge on any atom is 0.159 e. The molecule has 3 aromatic rings. The second kappa shape index (κ2) is 5.29. The van der Waals surface area contributed by atoms with E-state index in [-0.39, 0.29) is 0 Å². The summed E-state index contributed by atoms with van der Waals surface area (Å²) in [5.41, 5.74) is 6.43.